The largest absolute Gasteiger partial charge is 0.269 e. The molecule has 0 nitrogen and oxygen atoms in total. The molecule has 0 N–H and O–H groups in total. The van der Waals surface area contributed by atoms with Gasteiger partial charge in [0.1, 0.15) is 0 Å². The van der Waals surface area contributed by atoms with Crippen LogP contribution in [0.25, 0.3) is 0 Å². The highest BCUT2D eigenvalue weighted by Crippen LogP contribution is 2.49. The van der Waals surface area contributed by atoms with Crippen LogP contribution in [0, 0.1) is 10.8 Å². The van der Waals surface area contributed by atoms with Crippen molar-refractivity contribution in [2.75, 3.05) is 0 Å². The quantitative estimate of drug-likeness (QED) is 0.529. The van der Waals surface area contributed by atoms with Gasteiger partial charge in [-0.2, -0.15) is 8.78 Å². The number of allylic oxidation sites excluding steroid dienone is 1. The normalized spacial score (nSPS) is 25.8. The van der Waals surface area contributed by atoms with Crippen LogP contribution in [-0.4, -0.2) is 0 Å². The standard InChI is InChI=1S/C11H18F2/c1-10(2)5-8(9(12)13)6-11(3,4)7-10/h5-7H2,1-4H3. The summed E-state index contributed by atoms with van der Waals surface area (Å²) in [6.45, 7) is 8.27. The third kappa shape index (κ3) is 2.78. The zero-order chi connectivity index (χ0) is 10.3. The predicted molar refractivity (Wildman–Crippen MR) is 50.7 cm³/mol. The Morgan fingerprint density at radius 1 is 1.00 bits per heavy atom. The Kier molecular flexibility index (Phi) is 2.52. The monoisotopic (exact) mass is 188 g/mol. The van der Waals surface area contributed by atoms with Gasteiger partial charge in [0.05, 0.1) is 0 Å². The summed E-state index contributed by atoms with van der Waals surface area (Å²) in [7, 11) is 0. The highest BCUT2D eigenvalue weighted by molar-refractivity contribution is 5.12. The molecule has 1 fully saturated rings. The van der Waals surface area contributed by atoms with Crippen LogP contribution < -0.4 is 0 Å². The van der Waals surface area contributed by atoms with Gasteiger partial charge in [-0.15, -0.1) is 0 Å². The van der Waals surface area contributed by atoms with Crippen molar-refractivity contribution in [1.82, 2.24) is 0 Å². The molecule has 0 atom stereocenters. The molecular weight excluding hydrogens is 170 g/mol. The maximum Gasteiger partial charge on any atom is 0.269 e. The Labute approximate surface area is 79.0 Å². The molecule has 0 amide bonds. The minimum Gasteiger partial charge on any atom is -0.173 e. The first-order valence-corrected chi connectivity index (χ1v) is 4.75. The van der Waals surface area contributed by atoms with Gasteiger partial charge in [-0.05, 0) is 35.7 Å². The van der Waals surface area contributed by atoms with Crippen LogP contribution in [-0.2, 0) is 0 Å². The molecule has 2 heteroatoms. The van der Waals surface area contributed by atoms with Crippen molar-refractivity contribution in [3.05, 3.63) is 11.7 Å². The van der Waals surface area contributed by atoms with E-state index in [-0.39, 0.29) is 10.8 Å². The lowest BCUT2D eigenvalue weighted by Crippen LogP contribution is -2.30. The molecule has 1 rings (SSSR count). The molecule has 0 aliphatic heterocycles. The van der Waals surface area contributed by atoms with Crippen LogP contribution in [0.15, 0.2) is 11.7 Å². The Balaban J connectivity index is 2.91. The van der Waals surface area contributed by atoms with Crippen molar-refractivity contribution in [2.45, 2.75) is 47.0 Å². The highest BCUT2D eigenvalue weighted by Gasteiger charge is 2.37. The molecule has 1 aliphatic carbocycles. The van der Waals surface area contributed by atoms with Gasteiger partial charge in [0.15, 0.2) is 0 Å². The van der Waals surface area contributed by atoms with Gasteiger partial charge in [0.25, 0.3) is 6.08 Å². The lowest BCUT2D eigenvalue weighted by atomic mass is 9.64. The molecule has 1 saturated carbocycles. The van der Waals surface area contributed by atoms with E-state index in [0.29, 0.717) is 18.4 Å². The van der Waals surface area contributed by atoms with Crippen molar-refractivity contribution in [3.8, 4) is 0 Å². The van der Waals surface area contributed by atoms with E-state index in [2.05, 4.69) is 27.7 Å². The Morgan fingerprint density at radius 2 is 1.38 bits per heavy atom. The summed E-state index contributed by atoms with van der Waals surface area (Å²) in [5.74, 6) is 0. The third-order valence-corrected chi connectivity index (χ3v) is 2.61. The smallest absolute Gasteiger partial charge is 0.173 e. The van der Waals surface area contributed by atoms with E-state index in [9.17, 15) is 8.78 Å². The molecule has 0 unspecified atom stereocenters. The average Bonchev–Trinajstić information content (AvgIpc) is 1.79. The van der Waals surface area contributed by atoms with Gasteiger partial charge in [0, 0.05) is 0 Å². The first-order valence-electron chi connectivity index (χ1n) is 4.75. The fraction of sp³-hybridized carbons (Fsp3) is 0.818. The second-order valence-electron chi connectivity index (χ2n) is 5.72. The lowest BCUT2D eigenvalue weighted by Gasteiger charge is -2.41. The molecule has 1 aliphatic rings. The molecule has 76 valence electrons. The predicted octanol–water partition coefficient (Wildman–Crippen LogP) is 4.37. The Morgan fingerprint density at radius 3 is 1.69 bits per heavy atom. The van der Waals surface area contributed by atoms with Crippen LogP contribution in [0.2, 0.25) is 0 Å². The highest BCUT2D eigenvalue weighted by atomic mass is 19.3. The summed E-state index contributed by atoms with van der Waals surface area (Å²) in [6.07, 6.45) is 0.676. The fourth-order valence-electron chi connectivity index (χ4n) is 2.77. The zero-order valence-electron chi connectivity index (χ0n) is 8.88. The molecule has 0 bridgehead atoms. The van der Waals surface area contributed by atoms with Crippen molar-refractivity contribution in [2.24, 2.45) is 10.8 Å². The number of halogens is 2. The first kappa shape index (κ1) is 10.7. The number of hydrogen-bond donors (Lipinski definition) is 0. The summed E-state index contributed by atoms with van der Waals surface area (Å²) in [4.78, 5) is 0. The van der Waals surface area contributed by atoms with Gasteiger partial charge in [-0.3, -0.25) is 0 Å². The summed E-state index contributed by atoms with van der Waals surface area (Å²) in [6, 6.07) is 0. The SMILES string of the molecule is CC1(C)CC(=C(F)F)CC(C)(C)C1. The van der Waals surface area contributed by atoms with Crippen LogP contribution >= 0.6 is 0 Å². The van der Waals surface area contributed by atoms with Gasteiger partial charge < -0.3 is 0 Å². The first-order chi connectivity index (χ1) is 5.72. The van der Waals surface area contributed by atoms with E-state index >= 15 is 0 Å². The maximum atomic E-state index is 12.5. The van der Waals surface area contributed by atoms with Crippen molar-refractivity contribution < 1.29 is 8.78 Å². The van der Waals surface area contributed by atoms with E-state index in [0.717, 1.165) is 6.42 Å². The Bertz CT molecular complexity index is 214. The second-order valence-corrected chi connectivity index (χ2v) is 5.72. The van der Waals surface area contributed by atoms with Crippen molar-refractivity contribution >= 4 is 0 Å². The van der Waals surface area contributed by atoms with E-state index in [1.807, 2.05) is 0 Å². The van der Waals surface area contributed by atoms with E-state index in [1.54, 1.807) is 0 Å². The second kappa shape index (κ2) is 3.07. The summed E-state index contributed by atoms with van der Waals surface area (Å²) in [5, 5.41) is 0. The van der Waals surface area contributed by atoms with Crippen LogP contribution in [0.3, 0.4) is 0 Å². The van der Waals surface area contributed by atoms with Gasteiger partial charge in [-0.25, -0.2) is 0 Å². The molecule has 0 spiro atoms. The maximum absolute atomic E-state index is 12.5. The summed E-state index contributed by atoms with van der Waals surface area (Å²) in [5.41, 5.74) is 0.419. The minimum absolute atomic E-state index is 0.0283. The van der Waals surface area contributed by atoms with Gasteiger partial charge in [-0.1, -0.05) is 27.7 Å². The van der Waals surface area contributed by atoms with Gasteiger partial charge >= 0.3 is 0 Å². The van der Waals surface area contributed by atoms with E-state index in [1.165, 1.54) is 0 Å². The van der Waals surface area contributed by atoms with E-state index in [4.69, 9.17) is 0 Å². The zero-order valence-corrected chi connectivity index (χ0v) is 8.88. The van der Waals surface area contributed by atoms with Gasteiger partial charge in [0.2, 0.25) is 0 Å². The van der Waals surface area contributed by atoms with E-state index < -0.39 is 6.08 Å². The molecule has 0 aromatic rings. The molecule has 0 aromatic carbocycles. The van der Waals surface area contributed by atoms with Crippen LogP contribution in [0.5, 0.6) is 0 Å². The molecule has 0 radical (unpaired) electrons. The molecular formula is C11H18F2. The Hall–Kier alpha value is -0.400. The molecule has 0 aromatic heterocycles. The molecule has 0 heterocycles. The summed E-state index contributed by atoms with van der Waals surface area (Å²) >= 11 is 0. The minimum atomic E-state index is -1.46. The average molecular weight is 188 g/mol. The fourth-order valence-corrected chi connectivity index (χ4v) is 2.77. The van der Waals surface area contributed by atoms with Crippen LogP contribution in [0.1, 0.15) is 47.0 Å². The lowest BCUT2D eigenvalue weighted by molar-refractivity contribution is 0.146. The van der Waals surface area contributed by atoms with Crippen molar-refractivity contribution in [1.29, 1.82) is 0 Å². The number of hydrogen-bond acceptors (Lipinski definition) is 0. The molecule has 13 heavy (non-hydrogen) atoms. The molecule has 0 saturated heterocycles. The van der Waals surface area contributed by atoms with Crippen molar-refractivity contribution in [3.63, 3.8) is 0 Å². The summed E-state index contributed by atoms with van der Waals surface area (Å²) < 4.78 is 25.0. The van der Waals surface area contributed by atoms with Crippen LogP contribution in [0.4, 0.5) is 8.78 Å². The topological polar surface area (TPSA) is 0 Å². The third-order valence-electron chi connectivity index (χ3n) is 2.61. The number of rotatable bonds is 0.